The minimum atomic E-state index is -0.0993. The summed E-state index contributed by atoms with van der Waals surface area (Å²) in [5.74, 6) is 0.658. The fourth-order valence-corrected chi connectivity index (χ4v) is 2.16. The highest BCUT2D eigenvalue weighted by molar-refractivity contribution is 5.62. The number of hydrogen-bond donors (Lipinski definition) is 1. The van der Waals surface area contributed by atoms with Crippen molar-refractivity contribution in [3.05, 3.63) is 77.0 Å². The maximum absolute atomic E-state index is 12.3. The number of aromatic amines is 1. The van der Waals surface area contributed by atoms with Crippen molar-refractivity contribution in [2.24, 2.45) is 0 Å². The standard InChI is InChI=1S/C17H15N3O/c1-20(14-10-6-3-7-11-14)16-12-15(21)17(19-18-16)13-8-4-2-5-9-13/h2-12H,1H3,(H,18,21). The molecule has 0 radical (unpaired) electrons. The first-order chi connectivity index (χ1) is 10.3. The monoisotopic (exact) mass is 277 g/mol. The van der Waals surface area contributed by atoms with Crippen LogP contribution in [0.15, 0.2) is 71.5 Å². The topological polar surface area (TPSA) is 49.0 Å². The van der Waals surface area contributed by atoms with Crippen molar-refractivity contribution in [1.29, 1.82) is 0 Å². The van der Waals surface area contributed by atoms with Gasteiger partial charge in [-0.1, -0.05) is 48.5 Å². The van der Waals surface area contributed by atoms with Gasteiger partial charge in [0, 0.05) is 24.4 Å². The SMILES string of the molecule is CN(c1ccccc1)c1cc(=O)c(-c2ccccc2)n[nH]1. The van der Waals surface area contributed by atoms with Crippen molar-refractivity contribution in [2.75, 3.05) is 11.9 Å². The van der Waals surface area contributed by atoms with E-state index in [0.717, 1.165) is 11.3 Å². The zero-order valence-corrected chi connectivity index (χ0v) is 11.7. The second-order valence-corrected chi connectivity index (χ2v) is 4.73. The van der Waals surface area contributed by atoms with Gasteiger partial charge in [-0.3, -0.25) is 9.89 Å². The number of aromatic nitrogens is 2. The number of anilines is 2. The molecule has 0 atom stereocenters. The third-order valence-electron chi connectivity index (χ3n) is 3.34. The fourth-order valence-electron chi connectivity index (χ4n) is 2.16. The van der Waals surface area contributed by atoms with Gasteiger partial charge >= 0.3 is 0 Å². The molecule has 1 N–H and O–H groups in total. The summed E-state index contributed by atoms with van der Waals surface area (Å²) in [6.45, 7) is 0. The third kappa shape index (κ3) is 2.69. The Balaban J connectivity index is 1.97. The summed E-state index contributed by atoms with van der Waals surface area (Å²) >= 11 is 0. The third-order valence-corrected chi connectivity index (χ3v) is 3.34. The maximum atomic E-state index is 12.3. The molecule has 0 unspecified atom stereocenters. The lowest BCUT2D eigenvalue weighted by Crippen LogP contribution is -2.17. The Kier molecular flexibility index (Phi) is 3.51. The number of para-hydroxylation sites is 1. The summed E-state index contributed by atoms with van der Waals surface area (Å²) in [5, 5.41) is 7.17. The van der Waals surface area contributed by atoms with Crippen molar-refractivity contribution < 1.29 is 0 Å². The van der Waals surface area contributed by atoms with E-state index in [9.17, 15) is 4.79 Å². The van der Waals surface area contributed by atoms with E-state index >= 15 is 0 Å². The number of rotatable bonds is 3. The predicted molar refractivity (Wildman–Crippen MR) is 84.8 cm³/mol. The fraction of sp³-hybridized carbons (Fsp3) is 0.0588. The van der Waals surface area contributed by atoms with Gasteiger partial charge in [0.05, 0.1) is 0 Å². The molecule has 0 amide bonds. The molecule has 4 heteroatoms. The summed E-state index contributed by atoms with van der Waals surface area (Å²) < 4.78 is 0. The molecule has 1 aromatic heterocycles. The first-order valence-electron chi connectivity index (χ1n) is 6.69. The smallest absolute Gasteiger partial charge is 0.210 e. The number of benzene rings is 2. The van der Waals surface area contributed by atoms with Crippen LogP contribution in [0.1, 0.15) is 0 Å². The van der Waals surface area contributed by atoms with E-state index in [0.29, 0.717) is 11.5 Å². The summed E-state index contributed by atoms with van der Waals surface area (Å²) in [7, 11) is 1.89. The molecule has 104 valence electrons. The van der Waals surface area contributed by atoms with Crippen LogP contribution in [0, 0.1) is 0 Å². The second-order valence-electron chi connectivity index (χ2n) is 4.73. The molecule has 0 saturated heterocycles. The van der Waals surface area contributed by atoms with Crippen LogP contribution in [0.2, 0.25) is 0 Å². The molecule has 0 spiro atoms. The molecule has 0 aliphatic rings. The molecule has 0 saturated carbocycles. The molecule has 1 heterocycles. The van der Waals surface area contributed by atoms with E-state index in [2.05, 4.69) is 10.2 Å². The lowest BCUT2D eigenvalue weighted by atomic mass is 10.1. The molecule has 2 aromatic carbocycles. The average Bonchev–Trinajstić information content (AvgIpc) is 2.55. The van der Waals surface area contributed by atoms with Gasteiger partial charge in [-0.05, 0) is 12.1 Å². The molecule has 0 fully saturated rings. The maximum Gasteiger partial charge on any atom is 0.210 e. The largest absolute Gasteiger partial charge is 0.330 e. The minimum absolute atomic E-state index is 0.0993. The number of nitrogens with zero attached hydrogens (tertiary/aromatic N) is 2. The van der Waals surface area contributed by atoms with Crippen LogP contribution in [0.4, 0.5) is 11.5 Å². The van der Waals surface area contributed by atoms with Gasteiger partial charge in [-0.2, -0.15) is 5.10 Å². The van der Waals surface area contributed by atoms with E-state index < -0.39 is 0 Å². The normalized spacial score (nSPS) is 10.3. The zero-order valence-electron chi connectivity index (χ0n) is 11.7. The van der Waals surface area contributed by atoms with Crippen LogP contribution < -0.4 is 10.3 Å². The Labute approximate surface area is 122 Å². The van der Waals surface area contributed by atoms with E-state index in [-0.39, 0.29) is 5.43 Å². The van der Waals surface area contributed by atoms with Gasteiger partial charge in [0.15, 0.2) is 0 Å². The summed E-state index contributed by atoms with van der Waals surface area (Å²) in [5.41, 5.74) is 2.13. The number of H-pyrrole nitrogens is 1. The average molecular weight is 277 g/mol. The van der Waals surface area contributed by atoms with Crippen molar-refractivity contribution in [3.63, 3.8) is 0 Å². The molecule has 0 aliphatic heterocycles. The molecule has 3 aromatic rings. The lowest BCUT2D eigenvalue weighted by Gasteiger charge is -2.18. The zero-order chi connectivity index (χ0) is 14.7. The minimum Gasteiger partial charge on any atom is -0.330 e. The van der Waals surface area contributed by atoms with Crippen molar-refractivity contribution in [1.82, 2.24) is 10.2 Å². The molecule has 0 bridgehead atoms. The lowest BCUT2D eigenvalue weighted by molar-refractivity contribution is 0.984. The predicted octanol–water partition coefficient (Wildman–Crippen LogP) is 3.20. The molecule has 0 aliphatic carbocycles. The van der Waals surface area contributed by atoms with E-state index in [1.807, 2.05) is 72.6 Å². The van der Waals surface area contributed by atoms with E-state index in [1.54, 1.807) is 6.07 Å². The summed E-state index contributed by atoms with van der Waals surface area (Å²) in [6, 6.07) is 20.8. The van der Waals surface area contributed by atoms with Gasteiger partial charge < -0.3 is 4.90 Å². The van der Waals surface area contributed by atoms with Crippen molar-refractivity contribution in [3.8, 4) is 11.3 Å². The van der Waals surface area contributed by atoms with Gasteiger partial charge in [0.2, 0.25) is 5.43 Å². The quantitative estimate of drug-likeness (QED) is 0.799. The Morgan fingerprint density at radius 2 is 1.57 bits per heavy atom. The van der Waals surface area contributed by atoms with Crippen LogP contribution in [0.3, 0.4) is 0 Å². The second kappa shape index (κ2) is 5.63. The Bertz CT molecular complexity index is 782. The molecular formula is C17H15N3O. The van der Waals surface area contributed by atoms with Crippen LogP contribution in [0.25, 0.3) is 11.3 Å². The van der Waals surface area contributed by atoms with Gasteiger partial charge in [0.1, 0.15) is 11.5 Å². The van der Waals surface area contributed by atoms with Crippen molar-refractivity contribution >= 4 is 11.5 Å². The van der Waals surface area contributed by atoms with E-state index in [4.69, 9.17) is 0 Å². The molecule has 4 nitrogen and oxygen atoms in total. The van der Waals surface area contributed by atoms with Crippen LogP contribution in [0.5, 0.6) is 0 Å². The van der Waals surface area contributed by atoms with Crippen molar-refractivity contribution in [2.45, 2.75) is 0 Å². The highest BCUT2D eigenvalue weighted by Gasteiger charge is 2.09. The first kappa shape index (κ1) is 13.1. The molecule has 21 heavy (non-hydrogen) atoms. The summed E-state index contributed by atoms with van der Waals surface area (Å²) in [6.07, 6.45) is 0. The van der Waals surface area contributed by atoms with E-state index in [1.165, 1.54) is 0 Å². The molecular weight excluding hydrogens is 262 g/mol. The highest BCUT2D eigenvalue weighted by Crippen LogP contribution is 2.20. The Hall–Kier alpha value is -2.88. The Morgan fingerprint density at radius 3 is 2.19 bits per heavy atom. The number of hydrogen-bond acceptors (Lipinski definition) is 3. The summed E-state index contributed by atoms with van der Waals surface area (Å²) in [4.78, 5) is 14.2. The van der Waals surface area contributed by atoms with Crippen LogP contribution >= 0.6 is 0 Å². The first-order valence-corrected chi connectivity index (χ1v) is 6.69. The van der Waals surface area contributed by atoms with Gasteiger partial charge in [-0.15, -0.1) is 0 Å². The van der Waals surface area contributed by atoms with Crippen LogP contribution in [-0.2, 0) is 0 Å². The highest BCUT2D eigenvalue weighted by atomic mass is 16.1. The Morgan fingerprint density at radius 1 is 0.952 bits per heavy atom. The van der Waals surface area contributed by atoms with Gasteiger partial charge in [-0.25, -0.2) is 0 Å². The van der Waals surface area contributed by atoms with Crippen LogP contribution in [-0.4, -0.2) is 17.2 Å². The van der Waals surface area contributed by atoms with Gasteiger partial charge in [0.25, 0.3) is 0 Å². The number of nitrogens with one attached hydrogen (secondary N) is 1. The molecule has 3 rings (SSSR count).